The molecule has 1 atom stereocenters. The van der Waals surface area contributed by atoms with Crippen molar-refractivity contribution in [2.75, 3.05) is 5.32 Å². The normalized spacial score (nSPS) is 14.9. The van der Waals surface area contributed by atoms with Crippen molar-refractivity contribution < 1.29 is 9.53 Å². The maximum atomic E-state index is 12.3. The van der Waals surface area contributed by atoms with E-state index in [1.54, 1.807) is 29.9 Å². The van der Waals surface area contributed by atoms with Gasteiger partial charge in [-0.15, -0.1) is 5.10 Å². The third-order valence-electron chi connectivity index (χ3n) is 6.49. The second-order valence-electron chi connectivity index (χ2n) is 9.02. The number of nitrogens with one attached hydrogen (secondary N) is 1. The van der Waals surface area contributed by atoms with Gasteiger partial charge in [-0.25, -0.2) is 9.48 Å². The zero-order valence-electron chi connectivity index (χ0n) is 19.2. The Hall–Kier alpha value is -3.57. The van der Waals surface area contributed by atoms with Crippen molar-refractivity contribution in [3.63, 3.8) is 0 Å². The van der Waals surface area contributed by atoms with E-state index in [0.29, 0.717) is 16.3 Å². The number of anilines is 1. The lowest BCUT2D eigenvalue weighted by molar-refractivity contribution is 0.121. The molecule has 0 unspecified atom stereocenters. The van der Waals surface area contributed by atoms with Gasteiger partial charge in [0.25, 0.3) is 0 Å². The van der Waals surface area contributed by atoms with Crippen molar-refractivity contribution >= 4 is 23.5 Å². The summed E-state index contributed by atoms with van der Waals surface area (Å²) in [6, 6.07) is 26.1. The Labute approximate surface area is 204 Å². The van der Waals surface area contributed by atoms with E-state index in [9.17, 15) is 4.79 Å². The van der Waals surface area contributed by atoms with Crippen molar-refractivity contribution in [2.45, 2.75) is 38.2 Å². The van der Waals surface area contributed by atoms with Crippen LogP contribution in [0.4, 0.5) is 10.6 Å². The number of hydrogen-bond donors (Lipinski definition) is 1. The van der Waals surface area contributed by atoms with Gasteiger partial charge in [0.1, 0.15) is 6.10 Å². The second-order valence-corrected chi connectivity index (χ2v) is 9.43. The summed E-state index contributed by atoms with van der Waals surface area (Å²) >= 11 is 6.18. The molecule has 0 aliphatic heterocycles. The Morgan fingerprint density at radius 2 is 1.65 bits per heavy atom. The SMILES string of the molecule is C[C@@H](OC(=O)Nc1ccn(-c2ccc(-c3ccc(C4(C)CC4)cc3)cc2)n1)c1ccccc1Cl. The van der Waals surface area contributed by atoms with E-state index in [-0.39, 0.29) is 0 Å². The molecule has 0 saturated heterocycles. The standard InChI is InChI=1S/C28H26ClN3O2/c1-19(24-5-3-4-6-25(24)29)34-27(33)30-26-15-18-32(31-26)23-13-9-21(10-14-23)20-7-11-22(12-8-20)28(2)16-17-28/h3-15,18-19H,16-17H2,1-2H3,(H,30,31,33)/t19-/m1/s1. The molecule has 3 aromatic carbocycles. The fourth-order valence-corrected chi connectivity index (χ4v) is 4.33. The maximum Gasteiger partial charge on any atom is 0.413 e. The molecular formula is C28H26ClN3O2. The molecule has 5 nitrogen and oxygen atoms in total. The third kappa shape index (κ3) is 4.70. The summed E-state index contributed by atoms with van der Waals surface area (Å²) in [5.41, 5.74) is 5.80. The van der Waals surface area contributed by atoms with Crippen molar-refractivity contribution in [3.05, 3.63) is 101 Å². The largest absolute Gasteiger partial charge is 0.441 e. The highest BCUT2D eigenvalue weighted by Crippen LogP contribution is 2.47. The Kier molecular flexibility index (Phi) is 5.88. The molecular weight excluding hydrogens is 446 g/mol. The number of benzene rings is 3. The molecule has 6 heteroatoms. The molecule has 34 heavy (non-hydrogen) atoms. The molecule has 172 valence electrons. The number of hydrogen-bond acceptors (Lipinski definition) is 3. The lowest BCUT2D eigenvalue weighted by Gasteiger charge is -2.14. The zero-order chi connectivity index (χ0) is 23.7. The summed E-state index contributed by atoms with van der Waals surface area (Å²) in [5.74, 6) is 0.407. The van der Waals surface area contributed by atoms with E-state index in [4.69, 9.17) is 16.3 Å². The quantitative estimate of drug-likeness (QED) is 0.315. The molecule has 5 rings (SSSR count). The summed E-state index contributed by atoms with van der Waals surface area (Å²) in [4.78, 5) is 12.3. The molecule has 1 N–H and O–H groups in total. The van der Waals surface area contributed by atoms with Gasteiger partial charge in [0, 0.05) is 22.8 Å². The molecule has 1 amide bonds. The number of halogens is 1. The van der Waals surface area contributed by atoms with E-state index in [1.165, 1.54) is 24.0 Å². The summed E-state index contributed by atoms with van der Waals surface area (Å²) in [6.07, 6.45) is 3.29. The molecule has 0 bridgehead atoms. The van der Waals surface area contributed by atoms with Crippen LogP contribution in [0.3, 0.4) is 0 Å². The number of carbonyl (C=O) groups excluding carboxylic acids is 1. The number of carbonyl (C=O) groups is 1. The fourth-order valence-electron chi connectivity index (χ4n) is 4.05. The van der Waals surface area contributed by atoms with E-state index in [2.05, 4.69) is 53.7 Å². The number of ether oxygens (including phenoxy) is 1. The van der Waals surface area contributed by atoms with E-state index in [0.717, 1.165) is 16.8 Å². The smallest absolute Gasteiger partial charge is 0.413 e. The molecule has 1 aliphatic carbocycles. The van der Waals surface area contributed by atoms with Crippen LogP contribution in [0.5, 0.6) is 0 Å². The average Bonchev–Trinajstić information content (AvgIpc) is 3.43. The van der Waals surface area contributed by atoms with Crippen LogP contribution in [-0.2, 0) is 10.2 Å². The Morgan fingerprint density at radius 3 is 2.29 bits per heavy atom. The van der Waals surface area contributed by atoms with Gasteiger partial charge in [0.05, 0.1) is 5.69 Å². The molecule has 4 aromatic rings. The summed E-state index contributed by atoms with van der Waals surface area (Å²) in [7, 11) is 0. The van der Waals surface area contributed by atoms with Gasteiger partial charge < -0.3 is 4.74 Å². The van der Waals surface area contributed by atoms with Crippen LogP contribution in [0.15, 0.2) is 85.1 Å². The first-order valence-electron chi connectivity index (χ1n) is 11.4. The summed E-state index contributed by atoms with van der Waals surface area (Å²) in [5, 5.41) is 7.68. The predicted octanol–water partition coefficient (Wildman–Crippen LogP) is 7.55. The van der Waals surface area contributed by atoms with Crippen LogP contribution in [0, 0.1) is 0 Å². The van der Waals surface area contributed by atoms with Crippen LogP contribution in [0.1, 0.15) is 43.9 Å². The minimum atomic E-state index is -0.587. The highest BCUT2D eigenvalue weighted by molar-refractivity contribution is 6.31. The van der Waals surface area contributed by atoms with Crippen LogP contribution in [0.2, 0.25) is 5.02 Å². The molecule has 1 saturated carbocycles. The van der Waals surface area contributed by atoms with Crippen LogP contribution >= 0.6 is 11.6 Å². The van der Waals surface area contributed by atoms with Crippen molar-refractivity contribution in [1.29, 1.82) is 0 Å². The molecule has 0 spiro atoms. The summed E-state index contributed by atoms with van der Waals surface area (Å²) < 4.78 is 7.17. The van der Waals surface area contributed by atoms with Gasteiger partial charge in [-0.3, -0.25) is 5.32 Å². The molecule has 1 heterocycles. The van der Waals surface area contributed by atoms with Gasteiger partial charge >= 0.3 is 6.09 Å². The molecule has 0 radical (unpaired) electrons. The van der Waals surface area contributed by atoms with E-state index in [1.807, 2.05) is 30.3 Å². The van der Waals surface area contributed by atoms with Gasteiger partial charge in [0.15, 0.2) is 5.82 Å². The molecule has 1 aliphatic rings. The Morgan fingerprint density at radius 1 is 1.00 bits per heavy atom. The highest BCUT2D eigenvalue weighted by Gasteiger charge is 2.38. The molecule has 1 fully saturated rings. The highest BCUT2D eigenvalue weighted by atomic mass is 35.5. The Bertz CT molecular complexity index is 1310. The van der Waals surface area contributed by atoms with Crippen molar-refractivity contribution in [3.8, 4) is 16.8 Å². The predicted molar refractivity (Wildman–Crippen MR) is 136 cm³/mol. The van der Waals surface area contributed by atoms with E-state index < -0.39 is 12.2 Å². The third-order valence-corrected chi connectivity index (χ3v) is 6.84. The van der Waals surface area contributed by atoms with Crippen LogP contribution in [-0.4, -0.2) is 15.9 Å². The number of aromatic nitrogens is 2. The first kappa shape index (κ1) is 22.2. The molecule has 1 aromatic heterocycles. The monoisotopic (exact) mass is 471 g/mol. The topological polar surface area (TPSA) is 56.1 Å². The van der Waals surface area contributed by atoms with Crippen LogP contribution < -0.4 is 5.32 Å². The minimum absolute atomic E-state index is 0.382. The zero-order valence-corrected chi connectivity index (χ0v) is 19.9. The fraction of sp³-hybridized carbons (Fsp3) is 0.214. The van der Waals surface area contributed by atoms with Gasteiger partial charge in [-0.1, -0.05) is 73.1 Å². The first-order chi connectivity index (χ1) is 16.4. The van der Waals surface area contributed by atoms with Crippen LogP contribution in [0.25, 0.3) is 16.8 Å². The maximum absolute atomic E-state index is 12.3. The second kappa shape index (κ2) is 8.99. The number of nitrogens with zero attached hydrogens (tertiary/aromatic N) is 2. The minimum Gasteiger partial charge on any atom is -0.441 e. The van der Waals surface area contributed by atoms with Gasteiger partial charge in [-0.2, -0.15) is 0 Å². The van der Waals surface area contributed by atoms with Crippen molar-refractivity contribution in [2.24, 2.45) is 0 Å². The van der Waals surface area contributed by atoms with Gasteiger partial charge in [-0.05, 0) is 60.1 Å². The lowest BCUT2D eigenvalue weighted by atomic mass is 9.95. The van der Waals surface area contributed by atoms with E-state index >= 15 is 0 Å². The lowest BCUT2D eigenvalue weighted by Crippen LogP contribution is -2.16. The summed E-state index contributed by atoms with van der Waals surface area (Å²) in [6.45, 7) is 4.10. The number of amides is 1. The Balaban J connectivity index is 1.22. The van der Waals surface area contributed by atoms with Gasteiger partial charge in [0.2, 0.25) is 0 Å². The average molecular weight is 472 g/mol. The first-order valence-corrected chi connectivity index (χ1v) is 11.8. The number of rotatable bonds is 6. The van der Waals surface area contributed by atoms with Crippen molar-refractivity contribution in [1.82, 2.24) is 9.78 Å².